The SMILES string of the molecule is Cc1ccc2c(c1)C(=O)N(C)c1ccccc1C2C. The van der Waals surface area contributed by atoms with Crippen LogP contribution in [-0.4, -0.2) is 13.0 Å². The van der Waals surface area contributed by atoms with E-state index in [-0.39, 0.29) is 11.8 Å². The summed E-state index contributed by atoms with van der Waals surface area (Å²) >= 11 is 0. The van der Waals surface area contributed by atoms with Gasteiger partial charge < -0.3 is 4.90 Å². The summed E-state index contributed by atoms with van der Waals surface area (Å²) in [5, 5.41) is 0. The fourth-order valence-electron chi connectivity index (χ4n) is 2.85. The van der Waals surface area contributed by atoms with Crippen molar-refractivity contribution < 1.29 is 4.79 Å². The van der Waals surface area contributed by atoms with Gasteiger partial charge in [0.25, 0.3) is 5.91 Å². The fourth-order valence-corrected chi connectivity index (χ4v) is 2.85. The number of hydrogen-bond acceptors (Lipinski definition) is 1. The zero-order valence-electron chi connectivity index (χ0n) is 11.5. The summed E-state index contributed by atoms with van der Waals surface area (Å²) in [4.78, 5) is 14.4. The van der Waals surface area contributed by atoms with E-state index in [9.17, 15) is 4.79 Å². The Hall–Kier alpha value is -2.09. The van der Waals surface area contributed by atoms with Gasteiger partial charge in [-0.15, -0.1) is 0 Å². The topological polar surface area (TPSA) is 20.3 Å². The monoisotopic (exact) mass is 251 g/mol. The van der Waals surface area contributed by atoms with Gasteiger partial charge in [0.2, 0.25) is 0 Å². The smallest absolute Gasteiger partial charge is 0.258 e. The maximum absolute atomic E-state index is 12.6. The Morgan fingerprint density at radius 3 is 2.58 bits per heavy atom. The quantitative estimate of drug-likeness (QED) is 0.698. The average Bonchev–Trinajstić information content (AvgIpc) is 2.51. The van der Waals surface area contributed by atoms with Crippen LogP contribution in [0.2, 0.25) is 0 Å². The predicted molar refractivity (Wildman–Crippen MR) is 77.9 cm³/mol. The molecule has 0 aliphatic carbocycles. The third-order valence-electron chi connectivity index (χ3n) is 3.97. The van der Waals surface area contributed by atoms with Crippen molar-refractivity contribution in [1.29, 1.82) is 0 Å². The van der Waals surface area contributed by atoms with Crippen LogP contribution in [0.15, 0.2) is 42.5 Å². The summed E-state index contributed by atoms with van der Waals surface area (Å²) in [6, 6.07) is 14.3. The van der Waals surface area contributed by atoms with Crippen LogP contribution in [0.3, 0.4) is 0 Å². The van der Waals surface area contributed by atoms with Gasteiger partial charge in [-0.3, -0.25) is 4.79 Å². The Kier molecular flexibility index (Phi) is 2.67. The third-order valence-corrected chi connectivity index (χ3v) is 3.97. The van der Waals surface area contributed by atoms with Gasteiger partial charge in [-0.25, -0.2) is 0 Å². The minimum atomic E-state index is 0.0792. The van der Waals surface area contributed by atoms with Gasteiger partial charge in [0, 0.05) is 24.2 Å². The number of hydrogen-bond donors (Lipinski definition) is 0. The highest BCUT2D eigenvalue weighted by Gasteiger charge is 2.27. The second-order valence-electron chi connectivity index (χ2n) is 5.24. The highest BCUT2D eigenvalue weighted by atomic mass is 16.2. The van der Waals surface area contributed by atoms with Crippen LogP contribution in [0.5, 0.6) is 0 Å². The van der Waals surface area contributed by atoms with Gasteiger partial charge in [0.1, 0.15) is 0 Å². The second kappa shape index (κ2) is 4.23. The number of benzene rings is 2. The molecule has 1 aliphatic rings. The first-order valence-corrected chi connectivity index (χ1v) is 6.57. The van der Waals surface area contributed by atoms with Gasteiger partial charge in [-0.2, -0.15) is 0 Å². The molecule has 0 aromatic heterocycles. The molecule has 1 aliphatic heterocycles. The minimum absolute atomic E-state index is 0.0792. The lowest BCUT2D eigenvalue weighted by atomic mass is 9.89. The molecule has 2 aromatic carbocycles. The van der Waals surface area contributed by atoms with E-state index in [2.05, 4.69) is 25.1 Å². The van der Waals surface area contributed by atoms with Gasteiger partial charge in [0.05, 0.1) is 0 Å². The molecule has 1 heterocycles. The van der Waals surface area contributed by atoms with Gasteiger partial charge >= 0.3 is 0 Å². The predicted octanol–water partition coefficient (Wildman–Crippen LogP) is 3.74. The normalized spacial score (nSPS) is 17.7. The summed E-state index contributed by atoms with van der Waals surface area (Å²) in [5.74, 6) is 0.316. The van der Waals surface area contributed by atoms with Crippen molar-refractivity contribution in [2.45, 2.75) is 19.8 Å². The lowest BCUT2D eigenvalue weighted by Crippen LogP contribution is -2.26. The molecule has 2 heteroatoms. The molecule has 0 fully saturated rings. The molecule has 3 rings (SSSR count). The zero-order chi connectivity index (χ0) is 13.6. The Bertz CT molecular complexity index is 660. The highest BCUT2D eigenvalue weighted by molar-refractivity contribution is 6.08. The lowest BCUT2D eigenvalue weighted by molar-refractivity contribution is 0.0993. The summed E-state index contributed by atoms with van der Waals surface area (Å²) in [7, 11) is 1.85. The molecule has 0 saturated heterocycles. The number of rotatable bonds is 0. The van der Waals surface area contributed by atoms with Crippen molar-refractivity contribution in [2.24, 2.45) is 0 Å². The molecule has 0 radical (unpaired) electrons. The third kappa shape index (κ3) is 1.75. The van der Waals surface area contributed by atoms with Crippen LogP contribution < -0.4 is 4.90 Å². The van der Waals surface area contributed by atoms with E-state index >= 15 is 0 Å². The molecule has 96 valence electrons. The molecule has 1 amide bonds. The van der Waals surface area contributed by atoms with Gasteiger partial charge in [0.15, 0.2) is 0 Å². The van der Waals surface area contributed by atoms with Gasteiger partial charge in [-0.05, 0) is 30.2 Å². The minimum Gasteiger partial charge on any atom is -0.311 e. The van der Waals surface area contributed by atoms with E-state index in [4.69, 9.17) is 0 Å². The van der Waals surface area contributed by atoms with E-state index in [0.29, 0.717) is 0 Å². The molecule has 0 bridgehead atoms. The summed E-state index contributed by atoms with van der Waals surface area (Å²) in [6.07, 6.45) is 0. The maximum Gasteiger partial charge on any atom is 0.258 e. The van der Waals surface area contributed by atoms with Crippen molar-refractivity contribution in [3.63, 3.8) is 0 Å². The van der Waals surface area contributed by atoms with Crippen molar-refractivity contribution >= 4 is 11.6 Å². The lowest BCUT2D eigenvalue weighted by Gasteiger charge is -2.18. The first-order valence-electron chi connectivity index (χ1n) is 6.57. The number of fused-ring (bicyclic) bond motifs is 2. The van der Waals surface area contributed by atoms with Gasteiger partial charge in [-0.1, -0.05) is 42.8 Å². The second-order valence-corrected chi connectivity index (χ2v) is 5.24. The van der Waals surface area contributed by atoms with E-state index in [0.717, 1.165) is 22.4 Å². The Morgan fingerprint density at radius 2 is 1.79 bits per heavy atom. The number of nitrogens with zero attached hydrogens (tertiary/aromatic N) is 1. The summed E-state index contributed by atoms with van der Waals surface area (Å²) in [5.41, 5.74) is 5.28. The summed E-state index contributed by atoms with van der Waals surface area (Å²) < 4.78 is 0. The van der Waals surface area contributed by atoms with Crippen LogP contribution in [-0.2, 0) is 0 Å². The molecule has 19 heavy (non-hydrogen) atoms. The van der Waals surface area contributed by atoms with Crippen LogP contribution in [0, 0.1) is 6.92 Å². The Morgan fingerprint density at radius 1 is 1.05 bits per heavy atom. The maximum atomic E-state index is 12.6. The van der Waals surface area contributed by atoms with Crippen LogP contribution in [0.4, 0.5) is 5.69 Å². The molecule has 0 spiro atoms. The standard InChI is InChI=1S/C17H17NO/c1-11-8-9-13-12(2)14-6-4-5-7-16(14)18(3)17(19)15(13)10-11/h4-10,12H,1-3H3. The van der Waals surface area contributed by atoms with E-state index in [1.54, 1.807) is 4.90 Å². The number of para-hydroxylation sites is 1. The van der Waals surface area contributed by atoms with Crippen LogP contribution in [0.25, 0.3) is 0 Å². The molecule has 1 unspecified atom stereocenters. The number of aryl methyl sites for hydroxylation is 1. The number of anilines is 1. The molecule has 1 atom stereocenters. The van der Waals surface area contributed by atoms with Crippen LogP contribution >= 0.6 is 0 Å². The molecule has 0 saturated carbocycles. The Balaban J connectivity index is 2.30. The van der Waals surface area contributed by atoms with Crippen LogP contribution in [0.1, 0.15) is 39.9 Å². The van der Waals surface area contributed by atoms with E-state index in [1.807, 2.05) is 38.2 Å². The van der Waals surface area contributed by atoms with Crippen molar-refractivity contribution in [1.82, 2.24) is 0 Å². The van der Waals surface area contributed by atoms with E-state index < -0.39 is 0 Å². The highest BCUT2D eigenvalue weighted by Crippen LogP contribution is 2.37. The summed E-state index contributed by atoms with van der Waals surface area (Å²) in [6.45, 7) is 4.19. The zero-order valence-corrected chi connectivity index (χ0v) is 11.5. The fraction of sp³-hybridized carbons (Fsp3) is 0.235. The molecular formula is C17H17NO. The van der Waals surface area contributed by atoms with Crippen molar-refractivity contribution in [3.05, 3.63) is 64.7 Å². The largest absolute Gasteiger partial charge is 0.311 e. The molecular weight excluding hydrogens is 234 g/mol. The number of carbonyl (C=O) groups is 1. The number of carbonyl (C=O) groups excluding carboxylic acids is 1. The first kappa shape index (κ1) is 12.0. The van der Waals surface area contributed by atoms with Crippen molar-refractivity contribution in [2.75, 3.05) is 11.9 Å². The number of amides is 1. The molecule has 2 aromatic rings. The average molecular weight is 251 g/mol. The first-order chi connectivity index (χ1) is 9.09. The Labute approximate surface area is 113 Å². The molecule has 2 nitrogen and oxygen atoms in total. The van der Waals surface area contributed by atoms with Crippen molar-refractivity contribution in [3.8, 4) is 0 Å². The molecule has 0 N–H and O–H groups in total. The van der Waals surface area contributed by atoms with E-state index in [1.165, 1.54) is 5.56 Å².